The molecule has 5 nitrogen and oxygen atoms in total. The molecule has 0 unspecified atom stereocenters. The summed E-state index contributed by atoms with van der Waals surface area (Å²) in [5, 5.41) is 7.97. The summed E-state index contributed by atoms with van der Waals surface area (Å²) in [7, 11) is 1.40. The summed E-state index contributed by atoms with van der Waals surface area (Å²) in [5.41, 5.74) is 1.29. The minimum absolute atomic E-state index is 0.186. The van der Waals surface area contributed by atoms with Crippen molar-refractivity contribution in [3.8, 4) is 0 Å². The molecule has 138 valence electrons. The van der Waals surface area contributed by atoms with Crippen molar-refractivity contribution in [2.24, 2.45) is 0 Å². The number of ether oxygens (including phenoxy) is 1. The van der Waals surface area contributed by atoms with Crippen molar-refractivity contribution in [2.75, 3.05) is 26.7 Å². The number of thiocarbonyl (C=S) groups is 1. The molecule has 7 heteroatoms. The third kappa shape index (κ3) is 7.59. The Labute approximate surface area is 160 Å². The number of likely N-dealkylation sites (tertiary alicyclic amines) is 1. The SMILES string of the molecule is COC(=O)CCCNC(=S)NC1CCN(Cc2ccc(Cl)cc2)CC1. The number of nitrogens with one attached hydrogen (secondary N) is 2. The third-order valence-electron chi connectivity index (χ3n) is 4.31. The van der Waals surface area contributed by atoms with E-state index in [0.29, 0.717) is 30.5 Å². The highest BCUT2D eigenvalue weighted by atomic mass is 35.5. The van der Waals surface area contributed by atoms with Gasteiger partial charge < -0.3 is 15.4 Å². The van der Waals surface area contributed by atoms with Crippen LogP contribution in [0.2, 0.25) is 5.02 Å². The summed E-state index contributed by atoms with van der Waals surface area (Å²) in [4.78, 5) is 13.5. The molecular weight excluding hydrogens is 358 g/mol. The topological polar surface area (TPSA) is 53.6 Å². The summed E-state index contributed by atoms with van der Waals surface area (Å²) in [6.07, 6.45) is 3.26. The van der Waals surface area contributed by atoms with Gasteiger partial charge >= 0.3 is 5.97 Å². The van der Waals surface area contributed by atoms with Gasteiger partial charge in [0.05, 0.1) is 7.11 Å². The molecule has 0 aliphatic carbocycles. The van der Waals surface area contributed by atoms with Crippen LogP contribution in [0.15, 0.2) is 24.3 Å². The van der Waals surface area contributed by atoms with Gasteiger partial charge in [-0.2, -0.15) is 0 Å². The first kappa shape index (κ1) is 19.9. The monoisotopic (exact) mass is 383 g/mol. The summed E-state index contributed by atoms with van der Waals surface area (Å²) in [6.45, 7) is 3.73. The first-order valence-corrected chi connectivity index (χ1v) is 9.43. The van der Waals surface area contributed by atoms with E-state index in [-0.39, 0.29) is 5.97 Å². The Hall–Kier alpha value is -1.37. The quantitative estimate of drug-likeness (QED) is 0.429. The Balaban J connectivity index is 1.60. The Morgan fingerprint density at radius 1 is 1.32 bits per heavy atom. The average Bonchev–Trinajstić information content (AvgIpc) is 2.62. The van der Waals surface area contributed by atoms with Crippen LogP contribution in [0.1, 0.15) is 31.2 Å². The lowest BCUT2D eigenvalue weighted by molar-refractivity contribution is -0.140. The van der Waals surface area contributed by atoms with Gasteiger partial charge in [-0.3, -0.25) is 9.69 Å². The van der Waals surface area contributed by atoms with Crippen LogP contribution in [0.3, 0.4) is 0 Å². The maximum absolute atomic E-state index is 11.0. The lowest BCUT2D eigenvalue weighted by atomic mass is 10.0. The smallest absolute Gasteiger partial charge is 0.305 e. The highest BCUT2D eigenvalue weighted by molar-refractivity contribution is 7.80. The highest BCUT2D eigenvalue weighted by Gasteiger charge is 2.19. The normalized spacial score (nSPS) is 15.6. The van der Waals surface area contributed by atoms with E-state index in [1.807, 2.05) is 12.1 Å². The number of nitrogens with zero attached hydrogens (tertiary/aromatic N) is 1. The maximum atomic E-state index is 11.0. The van der Waals surface area contributed by atoms with Crippen molar-refractivity contribution in [2.45, 2.75) is 38.3 Å². The van der Waals surface area contributed by atoms with Gasteiger partial charge in [-0.1, -0.05) is 23.7 Å². The van der Waals surface area contributed by atoms with Crippen LogP contribution < -0.4 is 10.6 Å². The third-order valence-corrected chi connectivity index (χ3v) is 4.83. The van der Waals surface area contributed by atoms with E-state index in [9.17, 15) is 4.79 Å². The Morgan fingerprint density at radius 3 is 2.64 bits per heavy atom. The fourth-order valence-corrected chi connectivity index (χ4v) is 3.25. The minimum atomic E-state index is -0.186. The Bertz CT molecular complexity index is 560. The molecule has 0 atom stereocenters. The van der Waals surface area contributed by atoms with Crippen LogP contribution in [0, 0.1) is 0 Å². The van der Waals surface area contributed by atoms with Gasteiger partial charge in [0.2, 0.25) is 0 Å². The van der Waals surface area contributed by atoms with Crippen molar-refractivity contribution in [1.29, 1.82) is 0 Å². The Morgan fingerprint density at radius 2 is 2.00 bits per heavy atom. The zero-order chi connectivity index (χ0) is 18.1. The summed E-state index contributed by atoms with van der Waals surface area (Å²) in [6, 6.07) is 8.45. The van der Waals surface area contributed by atoms with Gasteiger partial charge in [-0.25, -0.2) is 0 Å². The second kappa shape index (κ2) is 10.6. The molecule has 0 bridgehead atoms. The number of hydrogen-bond donors (Lipinski definition) is 2. The summed E-state index contributed by atoms with van der Waals surface area (Å²) < 4.78 is 4.61. The molecule has 0 radical (unpaired) electrons. The molecular formula is C18H26ClN3O2S. The van der Waals surface area contributed by atoms with Crippen molar-refractivity contribution < 1.29 is 9.53 Å². The van der Waals surface area contributed by atoms with E-state index in [4.69, 9.17) is 23.8 Å². The van der Waals surface area contributed by atoms with E-state index >= 15 is 0 Å². The lowest BCUT2D eigenvalue weighted by Crippen LogP contribution is -2.47. The Kier molecular flexibility index (Phi) is 8.44. The zero-order valence-electron chi connectivity index (χ0n) is 14.6. The predicted molar refractivity (Wildman–Crippen MR) is 105 cm³/mol. The number of rotatable bonds is 7. The van der Waals surface area contributed by atoms with Gasteiger partial charge in [0.1, 0.15) is 0 Å². The summed E-state index contributed by atoms with van der Waals surface area (Å²) >= 11 is 11.3. The standard InChI is InChI=1S/C18H26ClN3O2S/c1-24-17(23)3-2-10-20-18(25)21-16-8-11-22(12-9-16)13-14-4-6-15(19)7-5-14/h4-7,16H,2-3,8-13H2,1H3,(H2,20,21,25). The minimum Gasteiger partial charge on any atom is -0.469 e. The van der Waals surface area contributed by atoms with E-state index in [1.165, 1.54) is 12.7 Å². The lowest BCUT2D eigenvalue weighted by Gasteiger charge is -2.33. The molecule has 2 rings (SSSR count). The molecule has 1 aliphatic heterocycles. The molecule has 1 aromatic rings. The first-order chi connectivity index (χ1) is 12.1. The molecule has 1 heterocycles. The van der Waals surface area contributed by atoms with Crippen molar-refractivity contribution in [3.05, 3.63) is 34.9 Å². The molecule has 25 heavy (non-hydrogen) atoms. The second-order valence-electron chi connectivity index (χ2n) is 6.26. The van der Waals surface area contributed by atoms with Crippen molar-refractivity contribution in [1.82, 2.24) is 15.5 Å². The van der Waals surface area contributed by atoms with Gasteiger partial charge in [0.25, 0.3) is 0 Å². The summed E-state index contributed by atoms with van der Waals surface area (Å²) in [5.74, 6) is -0.186. The van der Waals surface area contributed by atoms with E-state index in [0.717, 1.165) is 37.5 Å². The second-order valence-corrected chi connectivity index (χ2v) is 7.10. The van der Waals surface area contributed by atoms with Crippen molar-refractivity contribution in [3.63, 3.8) is 0 Å². The van der Waals surface area contributed by atoms with E-state index in [2.05, 4.69) is 32.4 Å². The molecule has 0 amide bonds. The van der Waals surface area contributed by atoms with Crippen molar-refractivity contribution >= 4 is 34.9 Å². The van der Waals surface area contributed by atoms with Crippen LogP contribution in [-0.4, -0.2) is 48.8 Å². The molecule has 0 aromatic heterocycles. The van der Waals surface area contributed by atoms with Crippen LogP contribution in [0.25, 0.3) is 0 Å². The van der Waals surface area contributed by atoms with Crippen LogP contribution in [0.5, 0.6) is 0 Å². The molecule has 1 saturated heterocycles. The molecule has 2 N–H and O–H groups in total. The number of esters is 1. The van der Waals surface area contributed by atoms with Crippen LogP contribution in [-0.2, 0) is 16.1 Å². The predicted octanol–water partition coefficient (Wildman–Crippen LogP) is 2.72. The number of methoxy groups -OCH3 is 1. The number of hydrogen-bond acceptors (Lipinski definition) is 4. The number of halogens is 1. The fraction of sp³-hybridized carbons (Fsp3) is 0.556. The molecule has 1 aliphatic rings. The first-order valence-electron chi connectivity index (χ1n) is 8.65. The zero-order valence-corrected chi connectivity index (χ0v) is 16.2. The van der Waals surface area contributed by atoms with Gasteiger partial charge in [-0.05, 0) is 49.2 Å². The van der Waals surface area contributed by atoms with Crippen LogP contribution >= 0.6 is 23.8 Å². The molecule has 0 saturated carbocycles. The van der Waals surface area contributed by atoms with E-state index < -0.39 is 0 Å². The van der Waals surface area contributed by atoms with Crippen LogP contribution in [0.4, 0.5) is 0 Å². The number of benzene rings is 1. The van der Waals surface area contributed by atoms with Gasteiger partial charge in [0, 0.05) is 43.7 Å². The number of carbonyl (C=O) groups excluding carboxylic acids is 1. The molecule has 0 spiro atoms. The molecule has 1 aromatic carbocycles. The highest BCUT2D eigenvalue weighted by Crippen LogP contribution is 2.15. The average molecular weight is 384 g/mol. The number of carbonyl (C=O) groups is 1. The van der Waals surface area contributed by atoms with Gasteiger partial charge in [0.15, 0.2) is 5.11 Å². The molecule has 1 fully saturated rings. The number of piperidine rings is 1. The largest absolute Gasteiger partial charge is 0.469 e. The van der Waals surface area contributed by atoms with E-state index in [1.54, 1.807) is 0 Å². The maximum Gasteiger partial charge on any atom is 0.305 e. The fourth-order valence-electron chi connectivity index (χ4n) is 2.86. The van der Waals surface area contributed by atoms with Gasteiger partial charge in [-0.15, -0.1) is 0 Å².